The van der Waals surface area contributed by atoms with Crippen LogP contribution in [0.2, 0.25) is 0 Å². The number of nitrogens with zero attached hydrogens (tertiary/aromatic N) is 4. The molecule has 0 saturated carbocycles. The van der Waals surface area contributed by atoms with E-state index in [2.05, 4.69) is 15.5 Å². The number of aromatic nitrogens is 3. The third-order valence-corrected chi connectivity index (χ3v) is 5.02. The molecule has 1 N–H and O–H groups in total. The number of hydrogen-bond donors (Lipinski definition) is 1. The van der Waals surface area contributed by atoms with E-state index in [1.807, 2.05) is 6.92 Å². The van der Waals surface area contributed by atoms with Gasteiger partial charge in [-0.2, -0.15) is 0 Å². The minimum atomic E-state index is -0.679. The van der Waals surface area contributed by atoms with E-state index in [1.165, 1.54) is 18.4 Å². The average molecular weight is 445 g/mol. The van der Waals surface area contributed by atoms with Gasteiger partial charge < -0.3 is 14.5 Å². The van der Waals surface area contributed by atoms with E-state index in [9.17, 15) is 19.7 Å². The summed E-state index contributed by atoms with van der Waals surface area (Å²) in [6.07, 6.45) is 1.53. The average Bonchev–Trinajstić information content (AvgIpc) is 3.41. The van der Waals surface area contributed by atoms with Gasteiger partial charge >= 0.3 is 5.97 Å². The molecule has 0 radical (unpaired) electrons. The molecule has 1 amide bonds. The van der Waals surface area contributed by atoms with Gasteiger partial charge in [0.2, 0.25) is 0 Å². The second kappa shape index (κ2) is 9.89. The van der Waals surface area contributed by atoms with Crippen LogP contribution in [0, 0.1) is 17.0 Å². The SMILES string of the molecule is CCn1c(SCC(=O)OCC(=O)Nc2ccc(C)cc2[N+](=O)[O-])nnc1-c1ccco1. The van der Waals surface area contributed by atoms with E-state index >= 15 is 0 Å². The number of carbonyl (C=O) groups excluding carboxylic acids is 2. The molecule has 162 valence electrons. The molecule has 3 aromatic rings. The smallest absolute Gasteiger partial charge is 0.316 e. The molecule has 0 fully saturated rings. The molecule has 0 aliphatic rings. The number of hydrogen-bond acceptors (Lipinski definition) is 9. The molecule has 3 rings (SSSR count). The summed E-state index contributed by atoms with van der Waals surface area (Å²) in [6, 6.07) is 7.91. The first-order valence-corrected chi connectivity index (χ1v) is 10.2. The number of rotatable bonds is 9. The lowest BCUT2D eigenvalue weighted by Gasteiger charge is -2.08. The summed E-state index contributed by atoms with van der Waals surface area (Å²) in [6.45, 7) is 3.61. The van der Waals surface area contributed by atoms with Crippen LogP contribution in [0.3, 0.4) is 0 Å². The minimum Gasteiger partial charge on any atom is -0.461 e. The second-order valence-electron chi connectivity index (χ2n) is 6.30. The van der Waals surface area contributed by atoms with Crippen LogP contribution in [0.5, 0.6) is 0 Å². The van der Waals surface area contributed by atoms with Gasteiger partial charge in [-0.1, -0.05) is 17.8 Å². The number of nitro groups is 1. The summed E-state index contributed by atoms with van der Waals surface area (Å²) in [5.74, 6) is -0.298. The van der Waals surface area contributed by atoms with Crippen molar-refractivity contribution in [3.63, 3.8) is 0 Å². The van der Waals surface area contributed by atoms with E-state index in [-0.39, 0.29) is 17.1 Å². The molecule has 0 unspecified atom stereocenters. The molecule has 11 nitrogen and oxygen atoms in total. The van der Waals surface area contributed by atoms with E-state index in [0.29, 0.717) is 28.8 Å². The monoisotopic (exact) mass is 445 g/mol. The Bertz CT molecular complexity index is 1100. The number of anilines is 1. The highest BCUT2D eigenvalue weighted by molar-refractivity contribution is 7.99. The van der Waals surface area contributed by atoms with Gasteiger partial charge in [-0.25, -0.2) is 0 Å². The van der Waals surface area contributed by atoms with Gasteiger partial charge in [-0.15, -0.1) is 10.2 Å². The van der Waals surface area contributed by atoms with E-state index in [1.54, 1.807) is 29.7 Å². The van der Waals surface area contributed by atoms with Crippen molar-refractivity contribution >= 4 is 35.0 Å². The standard InChI is InChI=1S/C19H19N5O6S/c1-3-23-18(15-5-4-8-29-15)21-22-19(23)31-11-17(26)30-10-16(25)20-13-7-6-12(2)9-14(13)24(27)28/h4-9H,3,10-11H2,1-2H3,(H,20,25). The number of carbonyl (C=O) groups is 2. The van der Waals surface area contributed by atoms with Crippen LogP contribution in [0.1, 0.15) is 12.5 Å². The first-order chi connectivity index (χ1) is 14.9. The van der Waals surface area contributed by atoms with Crippen LogP contribution in [-0.4, -0.2) is 43.9 Å². The fraction of sp³-hybridized carbons (Fsp3) is 0.263. The molecule has 0 atom stereocenters. The number of benzene rings is 1. The Balaban J connectivity index is 1.52. The van der Waals surface area contributed by atoms with Gasteiger partial charge in [0.1, 0.15) is 5.69 Å². The molecule has 0 spiro atoms. The van der Waals surface area contributed by atoms with Crippen LogP contribution in [0.15, 0.2) is 46.2 Å². The number of furan rings is 1. The van der Waals surface area contributed by atoms with Crippen LogP contribution >= 0.6 is 11.8 Å². The highest BCUT2D eigenvalue weighted by Crippen LogP contribution is 2.26. The third kappa shape index (κ3) is 5.48. The van der Waals surface area contributed by atoms with Gasteiger partial charge in [0, 0.05) is 12.6 Å². The Morgan fingerprint density at radius 2 is 2.13 bits per heavy atom. The maximum atomic E-state index is 12.0. The zero-order valence-corrected chi connectivity index (χ0v) is 17.5. The van der Waals surface area contributed by atoms with Crippen LogP contribution in [0.4, 0.5) is 11.4 Å². The Morgan fingerprint density at radius 3 is 2.81 bits per heavy atom. The maximum absolute atomic E-state index is 12.0. The second-order valence-corrected chi connectivity index (χ2v) is 7.25. The van der Waals surface area contributed by atoms with Gasteiger partial charge in [-0.3, -0.25) is 24.3 Å². The molecule has 0 aliphatic heterocycles. The van der Waals surface area contributed by atoms with Crippen molar-refractivity contribution in [1.29, 1.82) is 0 Å². The van der Waals surface area contributed by atoms with Crippen molar-refractivity contribution in [2.24, 2.45) is 0 Å². The summed E-state index contributed by atoms with van der Waals surface area (Å²) >= 11 is 1.11. The van der Waals surface area contributed by atoms with Crippen molar-refractivity contribution in [1.82, 2.24) is 14.8 Å². The molecule has 0 aliphatic carbocycles. The summed E-state index contributed by atoms with van der Waals surface area (Å²) in [5, 5.41) is 22.2. The van der Waals surface area contributed by atoms with Gasteiger partial charge in [0.05, 0.1) is 16.9 Å². The topological polar surface area (TPSA) is 142 Å². The molecule has 2 heterocycles. The lowest BCUT2D eigenvalue weighted by atomic mass is 10.2. The maximum Gasteiger partial charge on any atom is 0.316 e. The van der Waals surface area contributed by atoms with Gasteiger partial charge in [-0.05, 0) is 37.6 Å². The number of aryl methyl sites for hydroxylation is 1. The Hall–Kier alpha value is -3.67. The molecule has 2 aromatic heterocycles. The Labute approximate surface area is 180 Å². The molecule has 0 saturated heterocycles. The lowest BCUT2D eigenvalue weighted by Crippen LogP contribution is -2.22. The van der Waals surface area contributed by atoms with Crippen molar-refractivity contribution < 1.29 is 23.7 Å². The first kappa shape index (κ1) is 22.0. The molecular weight excluding hydrogens is 426 g/mol. The zero-order chi connectivity index (χ0) is 22.4. The fourth-order valence-corrected chi connectivity index (χ4v) is 3.46. The fourth-order valence-electron chi connectivity index (χ4n) is 2.66. The summed E-state index contributed by atoms with van der Waals surface area (Å²) in [5.41, 5.74) is 0.484. The van der Waals surface area contributed by atoms with Crippen LogP contribution in [-0.2, 0) is 20.9 Å². The molecule has 12 heteroatoms. The van der Waals surface area contributed by atoms with Crippen molar-refractivity contribution in [2.75, 3.05) is 17.7 Å². The van der Waals surface area contributed by atoms with Crippen molar-refractivity contribution in [2.45, 2.75) is 25.5 Å². The number of nitrogens with one attached hydrogen (secondary N) is 1. The number of amides is 1. The van der Waals surface area contributed by atoms with E-state index in [0.717, 1.165) is 11.8 Å². The highest BCUT2D eigenvalue weighted by Gasteiger charge is 2.19. The predicted octanol–water partition coefficient (Wildman–Crippen LogP) is 3.05. The van der Waals surface area contributed by atoms with E-state index < -0.39 is 23.4 Å². The number of thioether (sulfide) groups is 1. The van der Waals surface area contributed by atoms with Gasteiger partial charge in [0.25, 0.3) is 11.6 Å². The molecular formula is C19H19N5O6S. The third-order valence-electron chi connectivity index (χ3n) is 4.08. The largest absolute Gasteiger partial charge is 0.461 e. The highest BCUT2D eigenvalue weighted by atomic mass is 32.2. The van der Waals surface area contributed by atoms with Crippen LogP contribution < -0.4 is 5.32 Å². The van der Waals surface area contributed by atoms with Crippen LogP contribution in [0.25, 0.3) is 11.6 Å². The molecule has 31 heavy (non-hydrogen) atoms. The van der Waals surface area contributed by atoms with Gasteiger partial charge in [0.15, 0.2) is 23.3 Å². The number of ether oxygens (including phenoxy) is 1. The first-order valence-electron chi connectivity index (χ1n) is 9.19. The Morgan fingerprint density at radius 1 is 1.32 bits per heavy atom. The van der Waals surface area contributed by atoms with Crippen molar-refractivity contribution in [3.8, 4) is 11.6 Å². The minimum absolute atomic E-state index is 0.0347. The number of esters is 1. The lowest BCUT2D eigenvalue weighted by molar-refractivity contribution is -0.384. The zero-order valence-electron chi connectivity index (χ0n) is 16.7. The summed E-state index contributed by atoms with van der Waals surface area (Å²) in [4.78, 5) is 34.6. The Kier molecular flexibility index (Phi) is 7.03. The summed E-state index contributed by atoms with van der Waals surface area (Å²) < 4.78 is 12.1. The van der Waals surface area contributed by atoms with Crippen molar-refractivity contribution in [3.05, 3.63) is 52.3 Å². The van der Waals surface area contributed by atoms with E-state index in [4.69, 9.17) is 9.15 Å². The predicted molar refractivity (Wildman–Crippen MR) is 112 cm³/mol. The normalized spacial score (nSPS) is 10.6. The summed E-state index contributed by atoms with van der Waals surface area (Å²) in [7, 11) is 0. The molecule has 1 aromatic carbocycles. The quantitative estimate of drug-likeness (QED) is 0.227. The molecule has 0 bridgehead atoms. The number of nitro benzene ring substituents is 1.